The quantitative estimate of drug-likeness (QED) is 0.252. The lowest BCUT2D eigenvalue weighted by Crippen LogP contribution is -1.97. The van der Waals surface area contributed by atoms with Crippen molar-refractivity contribution in [2.24, 2.45) is 0 Å². The number of hydrogen-bond donors (Lipinski definition) is 0. The second-order valence-corrected chi connectivity index (χ2v) is 8.50. The van der Waals surface area contributed by atoms with Crippen LogP contribution in [-0.4, -0.2) is 23.9 Å². The molecule has 0 radical (unpaired) electrons. The first-order valence-corrected chi connectivity index (χ1v) is 11.2. The topological polar surface area (TPSA) is 105 Å². The molecule has 0 aromatic heterocycles. The van der Waals surface area contributed by atoms with Crippen molar-refractivity contribution in [1.29, 1.82) is 0 Å². The van der Waals surface area contributed by atoms with E-state index in [0.717, 1.165) is 11.1 Å². The van der Waals surface area contributed by atoms with Crippen LogP contribution in [0.1, 0.15) is 47.0 Å². The van der Waals surface area contributed by atoms with Gasteiger partial charge in [-0.1, -0.05) is 29.8 Å². The number of ether oxygens (including phenoxy) is 4. The molecule has 0 N–H and O–H groups in total. The highest BCUT2D eigenvalue weighted by molar-refractivity contribution is 6.15. The molecule has 8 nitrogen and oxygen atoms in total. The third-order valence-corrected chi connectivity index (χ3v) is 5.98. The van der Waals surface area contributed by atoms with Gasteiger partial charge in [-0.05, 0) is 67.1 Å². The summed E-state index contributed by atoms with van der Waals surface area (Å²) in [6.07, 6.45) is 0. The van der Waals surface area contributed by atoms with E-state index in [1.807, 2.05) is 31.2 Å². The number of cyclic esters (lactones) is 4. The van der Waals surface area contributed by atoms with Gasteiger partial charge in [0.25, 0.3) is 0 Å². The van der Waals surface area contributed by atoms with Crippen molar-refractivity contribution in [3.8, 4) is 34.1 Å². The van der Waals surface area contributed by atoms with Crippen LogP contribution in [0, 0.1) is 6.92 Å². The molecule has 0 fully saturated rings. The van der Waals surface area contributed by atoms with Crippen LogP contribution in [0.15, 0.2) is 78.9 Å². The van der Waals surface area contributed by atoms with E-state index in [4.69, 9.17) is 9.47 Å². The average molecular weight is 492 g/mol. The van der Waals surface area contributed by atoms with Gasteiger partial charge in [-0.25, -0.2) is 19.2 Å². The van der Waals surface area contributed by atoms with Crippen LogP contribution in [0.25, 0.3) is 11.1 Å². The first kappa shape index (κ1) is 22.2. The molecular formula is C29H16O8. The first-order chi connectivity index (χ1) is 17.9. The Morgan fingerprint density at radius 2 is 1.03 bits per heavy atom. The van der Waals surface area contributed by atoms with Crippen molar-refractivity contribution in [1.82, 2.24) is 0 Å². The molecule has 6 rings (SSSR count). The highest BCUT2D eigenvalue weighted by Gasteiger charge is 2.31. The molecule has 0 spiro atoms. The molecule has 4 aromatic carbocycles. The van der Waals surface area contributed by atoms with Crippen LogP contribution in [0.4, 0.5) is 0 Å². The fourth-order valence-corrected chi connectivity index (χ4v) is 4.22. The van der Waals surface area contributed by atoms with E-state index < -0.39 is 23.9 Å². The van der Waals surface area contributed by atoms with Crippen molar-refractivity contribution in [2.75, 3.05) is 0 Å². The number of benzene rings is 4. The molecule has 0 atom stereocenters. The summed E-state index contributed by atoms with van der Waals surface area (Å²) in [6, 6.07) is 22.1. The fraction of sp³-hybridized carbons (Fsp3) is 0.0345. The number of esters is 4. The van der Waals surface area contributed by atoms with Gasteiger partial charge in [0.05, 0.1) is 22.3 Å². The SMILES string of the molecule is Cc1cccc(-c2cc(Oc3ccc4c(c3)C(=O)OC4=O)ccc2Oc2ccc3c(c2)C(=O)OC3=O)c1. The van der Waals surface area contributed by atoms with Crippen LogP contribution in [-0.2, 0) is 9.47 Å². The molecule has 0 amide bonds. The summed E-state index contributed by atoms with van der Waals surface area (Å²) in [7, 11) is 0. The second kappa shape index (κ2) is 8.46. The molecule has 2 heterocycles. The molecule has 0 aliphatic carbocycles. The van der Waals surface area contributed by atoms with E-state index in [2.05, 4.69) is 9.47 Å². The maximum absolute atomic E-state index is 12.0. The molecule has 4 aromatic rings. The third-order valence-electron chi connectivity index (χ3n) is 5.98. The van der Waals surface area contributed by atoms with Crippen molar-refractivity contribution in [3.63, 3.8) is 0 Å². The number of aryl methyl sites for hydroxylation is 1. The summed E-state index contributed by atoms with van der Waals surface area (Å²) in [5.41, 5.74) is 3.29. The summed E-state index contributed by atoms with van der Waals surface area (Å²) in [6.45, 7) is 1.97. The minimum Gasteiger partial charge on any atom is -0.457 e. The minimum atomic E-state index is -0.715. The zero-order chi connectivity index (χ0) is 25.7. The number of carbonyl (C=O) groups excluding carboxylic acids is 4. The van der Waals surface area contributed by atoms with Crippen LogP contribution < -0.4 is 9.47 Å². The summed E-state index contributed by atoms with van der Waals surface area (Å²) in [5.74, 6) is -1.13. The van der Waals surface area contributed by atoms with Gasteiger partial charge < -0.3 is 18.9 Å². The van der Waals surface area contributed by atoms with Crippen molar-refractivity contribution in [2.45, 2.75) is 6.92 Å². The minimum absolute atomic E-state index is 0.146. The summed E-state index contributed by atoms with van der Waals surface area (Å²) in [4.78, 5) is 47.4. The van der Waals surface area contributed by atoms with Gasteiger partial charge in [0.2, 0.25) is 0 Å². The molecule has 2 aliphatic rings. The Labute approximate surface area is 210 Å². The zero-order valence-corrected chi connectivity index (χ0v) is 19.3. The highest BCUT2D eigenvalue weighted by atomic mass is 16.6. The molecular weight excluding hydrogens is 476 g/mol. The van der Waals surface area contributed by atoms with E-state index >= 15 is 0 Å². The summed E-state index contributed by atoms with van der Waals surface area (Å²) < 4.78 is 21.4. The summed E-state index contributed by atoms with van der Waals surface area (Å²) in [5, 5.41) is 0. The Morgan fingerprint density at radius 1 is 0.514 bits per heavy atom. The Balaban J connectivity index is 1.36. The molecule has 0 saturated heterocycles. The predicted octanol–water partition coefficient (Wildman–Crippen LogP) is 5.87. The molecule has 37 heavy (non-hydrogen) atoms. The van der Waals surface area contributed by atoms with Crippen LogP contribution in [0.3, 0.4) is 0 Å². The molecule has 0 bridgehead atoms. The van der Waals surface area contributed by atoms with Gasteiger partial charge >= 0.3 is 23.9 Å². The Bertz CT molecular complexity index is 1670. The number of rotatable bonds is 5. The largest absolute Gasteiger partial charge is 0.457 e. The lowest BCUT2D eigenvalue weighted by molar-refractivity contribution is 0.0425. The van der Waals surface area contributed by atoms with E-state index in [-0.39, 0.29) is 22.3 Å². The van der Waals surface area contributed by atoms with Crippen molar-refractivity contribution in [3.05, 3.63) is 107 Å². The monoisotopic (exact) mass is 492 g/mol. The molecule has 0 unspecified atom stereocenters. The first-order valence-electron chi connectivity index (χ1n) is 11.2. The van der Waals surface area contributed by atoms with E-state index in [1.54, 1.807) is 30.3 Å². The van der Waals surface area contributed by atoms with E-state index in [0.29, 0.717) is 28.6 Å². The Morgan fingerprint density at radius 3 is 1.62 bits per heavy atom. The molecule has 0 saturated carbocycles. The van der Waals surface area contributed by atoms with Crippen LogP contribution in [0.2, 0.25) is 0 Å². The summed E-state index contributed by atoms with van der Waals surface area (Å²) >= 11 is 0. The molecule has 2 aliphatic heterocycles. The second-order valence-electron chi connectivity index (χ2n) is 8.50. The maximum atomic E-state index is 12.0. The van der Waals surface area contributed by atoms with Crippen LogP contribution in [0.5, 0.6) is 23.0 Å². The van der Waals surface area contributed by atoms with Crippen molar-refractivity contribution >= 4 is 23.9 Å². The van der Waals surface area contributed by atoms with Crippen LogP contribution >= 0.6 is 0 Å². The number of carbonyl (C=O) groups is 4. The van der Waals surface area contributed by atoms with Gasteiger partial charge in [0, 0.05) is 5.56 Å². The smallest absolute Gasteiger partial charge is 0.347 e. The Hall–Kier alpha value is -5.24. The molecule has 180 valence electrons. The predicted molar refractivity (Wildman–Crippen MR) is 129 cm³/mol. The van der Waals surface area contributed by atoms with Gasteiger partial charge in [0.1, 0.15) is 23.0 Å². The zero-order valence-electron chi connectivity index (χ0n) is 19.3. The molecule has 8 heteroatoms. The lowest BCUT2D eigenvalue weighted by atomic mass is 10.0. The number of fused-ring (bicyclic) bond motifs is 2. The van der Waals surface area contributed by atoms with Gasteiger partial charge in [-0.3, -0.25) is 0 Å². The van der Waals surface area contributed by atoms with E-state index in [9.17, 15) is 19.2 Å². The van der Waals surface area contributed by atoms with Crippen molar-refractivity contribution < 1.29 is 38.1 Å². The third kappa shape index (κ3) is 4.00. The highest BCUT2D eigenvalue weighted by Crippen LogP contribution is 2.39. The Kier molecular flexibility index (Phi) is 5.08. The van der Waals surface area contributed by atoms with Gasteiger partial charge in [-0.15, -0.1) is 0 Å². The maximum Gasteiger partial charge on any atom is 0.347 e. The van der Waals surface area contributed by atoms with Gasteiger partial charge in [-0.2, -0.15) is 0 Å². The fourth-order valence-electron chi connectivity index (χ4n) is 4.22. The lowest BCUT2D eigenvalue weighted by Gasteiger charge is -2.15. The standard InChI is InChI=1S/C29H16O8/c1-15-3-2-4-16(11-15)22-12-18(34-17-5-8-20-23(13-17)28(32)36-26(20)30)7-10-25(22)35-19-6-9-21-24(14-19)29(33)37-27(21)31/h2-14H,1H3. The van der Waals surface area contributed by atoms with Gasteiger partial charge in [0.15, 0.2) is 0 Å². The van der Waals surface area contributed by atoms with E-state index in [1.165, 1.54) is 24.3 Å². The number of hydrogen-bond acceptors (Lipinski definition) is 8. The normalized spacial score (nSPS) is 13.6. The average Bonchev–Trinajstić information content (AvgIpc) is 3.33.